The highest BCUT2D eigenvalue weighted by Gasteiger charge is 2.15. The fourth-order valence-electron chi connectivity index (χ4n) is 2.34. The molecular formula is C17H17N3OS. The van der Waals surface area contributed by atoms with E-state index in [1.165, 1.54) is 5.56 Å². The predicted molar refractivity (Wildman–Crippen MR) is 89.9 cm³/mol. The Labute approximate surface area is 134 Å². The zero-order valence-electron chi connectivity index (χ0n) is 12.8. The molecule has 0 atom stereocenters. The van der Waals surface area contributed by atoms with Gasteiger partial charge in [-0.2, -0.15) is 0 Å². The maximum absolute atomic E-state index is 5.23. The molecule has 0 amide bonds. The summed E-state index contributed by atoms with van der Waals surface area (Å²) in [6.45, 7) is 2.08. The Morgan fingerprint density at radius 3 is 2.45 bits per heavy atom. The van der Waals surface area contributed by atoms with Gasteiger partial charge >= 0.3 is 0 Å². The van der Waals surface area contributed by atoms with Crippen molar-refractivity contribution in [2.75, 3.05) is 13.4 Å². The summed E-state index contributed by atoms with van der Waals surface area (Å²) in [6, 6.07) is 16.2. The van der Waals surface area contributed by atoms with Crippen LogP contribution in [0.3, 0.4) is 0 Å². The van der Waals surface area contributed by atoms with Crippen molar-refractivity contribution in [3.8, 4) is 22.8 Å². The van der Waals surface area contributed by atoms with Crippen LogP contribution in [0.1, 0.15) is 5.56 Å². The zero-order chi connectivity index (χ0) is 15.5. The number of benzene rings is 2. The Morgan fingerprint density at radius 2 is 1.82 bits per heavy atom. The fourth-order valence-corrected chi connectivity index (χ4v) is 2.83. The molecule has 0 unspecified atom stereocenters. The fraction of sp³-hybridized carbons (Fsp3) is 0.176. The third-order valence-corrected chi connectivity index (χ3v) is 4.05. The summed E-state index contributed by atoms with van der Waals surface area (Å²) in [5.41, 5.74) is 3.28. The van der Waals surface area contributed by atoms with E-state index in [-0.39, 0.29) is 0 Å². The van der Waals surface area contributed by atoms with Crippen LogP contribution in [0.15, 0.2) is 53.7 Å². The number of hydrogen-bond acceptors (Lipinski definition) is 4. The molecule has 5 heteroatoms. The molecule has 0 saturated carbocycles. The van der Waals surface area contributed by atoms with Gasteiger partial charge in [0.25, 0.3) is 0 Å². The molecule has 0 spiro atoms. The van der Waals surface area contributed by atoms with E-state index >= 15 is 0 Å². The predicted octanol–water partition coefficient (Wildman–Crippen LogP) is 3.97. The van der Waals surface area contributed by atoms with Crippen molar-refractivity contribution in [1.82, 2.24) is 14.8 Å². The monoisotopic (exact) mass is 311 g/mol. The minimum absolute atomic E-state index is 0.833. The lowest BCUT2D eigenvalue weighted by molar-refractivity contribution is 0.414. The van der Waals surface area contributed by atoms with Crippen LogP contribution in [0.25, 0.3) is 17.1 Å². The Bertz CT molecular complexity index is 781. The summed E-state index contributed by atoms with van der Waals surface area (Å²) in [5, 5.41) is 9.55. The van der Waals surface area contributed by atoms with Gasteiger partial charge in [-0.25, -0.2) is 0 Å². The maximum atomic E-state index is 5.23. The van der Waals surface area contributed by atoms with Crippen LogP contribution in [0.4, 0.5) is 0 Å². The maximum Gasteiger partial charge on any atom is 0.195 e. The van der Waals surface area contributed by atoms with Crippen molar-refractivity contribution in [2.45, 2.75) is 12.1 Å². The van der Waals surface area contributed by atoms with Gasteiger partial charge in [0.15, 0.2) is 11.0 Å². The average Bonchev–Trinajstić information content (AvgIpc) is 2.99. The van der Waals surface area contributed by atoms with E-state index in [0.29, 0.717) is 0 Å². The number of aromatic nitrogens is 3. The lowest BCUT2D eigenvalue weighted by Gasteiger charge is -2.10. The van der Waals surface area contributed by atoms with Crippen LogP contribution in [-0.4, -0.2) is 28.1 Å². The van der Waals surface area contributed by atoms with Crippen molar-refractivity contribution in [3.63, 3.8) is 0 Å². The first-order chi connectivity index (χ1) is 10.7. The molecule has 22 heavy (non-hydrogen) atoms. The number of thioether (sulfide) groups is 1. The smallest absolute Gasteiger partial charge is 0.195 e. The second kappa shape index (κ2) is 6.23. The van der Waals surface area contributed by atoms with Gasteiger partial charge in [-0.3, -0.25) is 4.57 Å². The largest absolute Gasteiger partial charge is 0.497 e. The van der Waals surface area contributed by atoms with E-state index in [1.807, 2.05) is 36.6 Å². The Balaban J connectivity index is 2.14. The summed E-state index contributed by atoms with van der Waals surface area (Å²) in [5.74, 6) is 1.68. The van der Waals surface area contributed by atoms with E-state index in [0.717, 1.165) is 28.0 Å². The summed E-state index contributed by atoms with van der Waals surface area (Å²) >= 11 is 1.58. The van der Waals surface area contributed by atoms with Gasteiger partial charge in [0.2, 0.25) is 0 Å². The molecule has 112 valence electrons. The van der Waals surface area contributed by atoms with Crippen molar-refractivity contribution < 1.29 is 4.74 Å². The molecular weight excluding hydrogens is 294 g/mol. The highest BCUT2D eigenvalue weighted by molar-refractivity contribution is 7.98. The Kier molecular flexibility index (Phi) is 4.15. The molecule has 1 aromatic heterocycles. The molecule has 0 N–H and O–H groups in total. The molecule has 0 aliphatic heterocycles. The van der Waals surface area contributed by atoms with Gasteiger partial charge in [0.1, 0.15) is 5.75 Å². The lowest BCUT2D eigenvalue weighted by Crippen LogP contribution is -1.99. The second-order valence-electron chi connectivity index (χ2n) is 4.91. The number of methoxy groups -OCH3 is 1. The van der Waals surface area contributed by atoms with Gasteiger partial charge in [-0.05, 0) is 43.5 Å². The van der Waals surface area contributed by atoms with E-state index in [9.17, 15) is 0 Å². The quantitative estimate of drug-likeness (QED) is 0.683. The first-order valence-electron chi connectivity index (χ1n) is 6.94. The summed E-state index contributed by atoms with van der Waals surface area (Å²) < 4.78 is 7.30. The van der Waals surface area contributed by atoms with Crippen LogP contribution >= 0.6 is 11.8 Å². The van der Waals surface area contributed by atoms with Gasteiger partial charge in [-0.15, -0.1) is 10.2 Å². The van der Waals surface area contributed by atoms with Crippen LogP contribution in [0, 0.1) is 6.92 Å². The van der Waals surface area contributed by atoms with Crippen LogP contribution in [0.2, 0.25) is 0 Å². The topological polar surface area (TPSA) is 39.9 Å². The number of nitrogens with zero attached hydrogens (tertiary/aromatic N) is 3. The van der Waals surface area contributed by atoms with Gasteiger partial charge in [0, 0.05) is 11.3 Å². The van der Waals surface area contributed by atoms with Crippen LogP contribution in [0.5, 0.6) is 5.75 Å². The number of hydrogen-bond donors (Lipinski definition) is 0. The molecule has 0 radical (unpaired) electrons. The van der Waals surface area contributed by atoms with Crippen molar-refractivity contribution in [1.29, 1.82) is 0 Å². The molecule has 3 aromatic rings. The normalized spacial score (nSPS) is 10.7. The molecule has 2 aromatic carbocycles. The van der Waals surface area contributed by atoms with Gasteiger partial charge in [0.05, 0.1) is 7.11 Å². The van der Waals surface area contributed by atoms with Crippen molar-refractivity contribution >= 4 is 11.8 Å². The van der Waals surface area contributed by atoms with E-state index in [1.54, 1.807) is 18.9 Å². The van der Waals surface area contributed by atoms with E-state index < -0.39 is 0 Å². The van der Waals surface area contributed by atoms with Gasteiger partial charge < -0.3 is 4.74 Å². The standard InChI is InChI=1S/C17H17N3OS/c1-12-5-4-6-13(11-12)16-18-19-17(22-3)20(16)14-7-9-15(21-2)10-8-14/h4-11H,1-3H3. The summed E-state index contributed by atoms with van der Waals surface area (Å²) in [7, 11) is 1.67. The molecule has 0 saturated heterocycles. The molecule has 1 heterocycles. The van der Waals surface area contributed by atoms with E-state index in [2.05, 4.69) is 39.9 Å². The number of rotatable bonds is 4. The van der Waals surface area contributed by atoms with Crippen LogP contribution in [-0.2, 0) is 0 Å². The third-order valence-electron chi connectivity index (χ3n) is 3.42. The van der Waals surface area contributed by atoms with E-state index in [4.69, 9.17) is 4.74 Å². The molecule has 0 aliphatic rings. The minimum atomic E-state index is 0.833. The number of ether oxygens (including phenoxy) is 1. The first kappa shape index (κ1) is 14.7. The zero-order valence-corrected chi connectivity index (χ0v) is 13.6. The van der Waals surface area contributed by atoms with Crippen molar-refractivity contribution in [2.24, 2.45) is 0 Å². The highest BCUT2D eigenvalue weighted by atomic mass is 32.2. The molecule has 0 fully saturated rings. The SMILES string of the molecule is COc1ccc(-n2c(SC)nnc2-c2cccc(C)c2)cc1. The third kappa shape index (κ3) is 2.72. The first-order valence-corrected chi connectivity index (χ1v) is 8.16. The highest BCUT2D eigenvalue weighted by Crippen LogP contribution is 2.28. The molecule has 4 nitrogen and oxygen atoms in total. The lowest BCUT2D eigenvalue weighted by atomic mass is 10.1. The molecule has 0 bridgehead atoms. The number of aryl methyl sites for hydroxylation is 1. The molecule has 0 aliphatic carbocycles. The summed E-state index contributed by atoms with van der Waals surface area (Å²) in [6.07, 6.45) is 2.00. The minimum Gasteiger partial charge on any atom is -0.497 e. The second-order valence-corrected chi connectivity index (χ2v) is 5.69. The van der Waals surface area contributed by atoms with Gasteiger partial charge in [-0.1, -0.05) is 35.5 Å². The van der Waals surface area contributed by atoms with Crippen LogP contribution < -0.4 is 4.74 Å². The Morgan fingerprint density at radius 1 is 1.05 bits per heavy atom. The van der Waals surface area contributed by atoms with Crippen molar-refractivity contribution in [3.05, 3.63) is 54.1 Å². The average molecular weight is 311 g/mol. The Hall–Kier alpha value is -2.27. The summed E-state index contributed by atoms with van der Waals surface area (Å²) in [4.78, 5) is 0. The molecule has 3 rings (SSSR count).